The average molecular weight is 556 g/mol. The molecular formula is C31H47N4O5-. The highest BCUT2D eigenvalue weighted by molar-refractivity contribution is 5.75. The monoisotopic (exact) mass is 555 g/mol. The maximum absolute atomic E-state index is 12.9. The van der Waals surface area contributed by atoms with Crippen LogP contribution in [0.1, 0.15) is 52.7 Å². The zero-order chi connectivity index (χ0) is 30.1. The van der Waals surface area contributed by atoms with Crippen LogP contribution < -0.4 is 15.7 Å². The molecule has 0 aliphatic rings. The van der Waals surface area contributed by atoms with E-state index in [1.54, 1.807) is 27.8 Å². The van der Waals surface area contributed by atoms with Crippen molar-refractivity contribution in [2.45, 2.75) is 89.8 Å². The minimum atomic E-state index is -1.36. The first-order chi connectivity index (χ1) is 18.6. The molecule has 9 heteroatoms. The van der Waals surface area contributed by atoms with Crippen molar-refractivity contribution < 1.29 is 24.9 Å². The number of nitrogens with one attached hydrogen (secondary N) is 2. The lowest BCUT2D eigenvalue weighted by atomic mass is 9.94. The van der Waals surface area contributed by atoms with Gasteiger partial charge in [0.1, 0.15) is 6.09 Å². The van der Waals surface area contributed by atoms with Gasteiger partial charge in [0.25, 0.3) is 0 Å². The molecule has 0 radical (unpaired) electrons. The quantitative estimate of drug-likeness (QED) is 0.319. The Bertz CT molecular complexity index is 1050. The van der Waals surface area contributed by atoms with Crippen LogP contribution in [0.5, 0.6) is 0 Å². The first kappa shape index (κ1) is 33.1. The summed E-state index contributed by atoms with van der Waals surface area (Å²) in [6.07, 6.45) is -2.68. The predicted octanol–water partition coefficient (Wildman–Crippen LogP) is 2.40. The van der Waals surface area contributed by atoms with Crippen molar-refractivity contribution in [2.24, 2.45) is 0 Å². The number of benzene rings is 2. The Balaban J connectivity index is 2.17. The molecule has 0 bridgehead atoms. The van der Waals surface area contributed by atoms with Gasteiger partial charge in [-0.1, -0.05) is 60.7 Å². The molecule has 2 aromatic rings. The number of nitrogens with zero attached hydrogens (tertiary/aromatic N) is 2. The second-order valence-corrected chi connectivity index (χ2v) is 12.4. The summed E-state index contributed by atoms with van der Waals surface area (Å²) >= 11 is 0. The van der Waals surface area contributed by atoms with Crippen LogP contribution in [0.3, 0.4) is 0 Å². The van der Waals surface area contributed by atoms with Crippen LogP contribution in [0.2, 0.25) is 0 Å². The first-order valence-corrected chi connectivity index (χ1v) is 13.8. The summed E-state index contributed by atoms with van der Waals surface area (Å²) in [5.41, 5.74) is 0.612. The van der Waals surface area contributed by atoms with Crippen LogP contribution in [0, 0.1) is 0 Å². The topological polar surface area (TPSA) is 128 Å². The molecule has 9 nitrogen and oxygen atoms in total. The summed E-state index contributed by atoms with van der Waals surface area (Å²) < 4.78 is 0. The van der Waals surface area contributed by atoms with E-state index in [1.165, 1.54) is 9.80 Å². The van der Waals surface area contributed by atoms with Gasteiger partial charge in [-0.05, 0) is 65.5 Å². The largest absolute Gasteiger partial charge is 0.530 e. The molecule has 0 saturated carbocycles. The highest BCUT2D eigenvalue weighted by Crippen LogP contribution is 2.22. The number of hydrogen-bond donors (Lipinski definition) is 4. The number of aliphatic hydroxyl groups excluding tert-OH is 2. The van der Waals surface area contributed by atoms with E-state index in [2.05, 4.69) is 10.6 Å². The Morgan fingerprint density at radius 1 is 0.800 bits per heavy atom. The molecule has 0 aliphatic heterocycles. The highest BCUT2D eigenvalue weighted by atomic mass is 16.4. The van der Waals surface area contributed by atoms with Gasteiger partial charge < -0.3 is 40.5 Å². The van der Waals surface area contributed by atoms with Crippen LogP contribution in [0.4, 0.5) is 9.59 Å². The molecule has 40 heavy (non-hydrogen) atoms. The summed E-state index contributed by atoms with van der Waals surface area (Å²) in [5.74, 6) is 0. The van der Waals surface area contributed by atoms with E-state index in [0.717, 1.165) is 11.1 Å². The number of rotatable bonds is 12. The van der Waals surface area contributed by atoms with Gasteiger partial charge in [-0.15, -0.1) is 0 Å². The summed E-state index contributed by atoms with van der Waals surface area (Å²) in [7, 11) is 1.66. The van der Waals surface area contributed by atoms with E-state index in [-0.39, 0.29) is 19.1 Å². The Hall–Kier alpha value is -3.14. The van der Waals surface area contributed by atoms with E-state index in [9.17, 15) is 24.9 Å². The zero-order valence-electron chi connectivity index (χ0n) is 24.9. The van der Waals surface area contributed by atoms with Gasteiger partial charge in [0, 0.05) is 31.2 Å². The van der Waals surface area contributed by atoms with Crippen LogP contribution in [0.15, 0.2) is 60.7 Å². The van der Waals surface area contributed by atoms with Crippen LogP contribution in [0.25, 0.3) is 0 Å². The van der Waals surface area contributed by atoms with Gasteiger partial charge >= 0.3 is 6.03 Å². The maximum atomic E-state index is 12.9. The molecule has 4 atom stereocenters. The fourth-order valence-corrected chi connectivity index (χ4v) is 4.76. The first-order valence-electron chi connectivity index (χ1n) is 13.8. The Kier molecular flexibility index (Phi) is 12.0. The van der Waals surface area contributed by atoms with E-state index in [0.29, 0.717) is 12.8 Å². The number of carbonyl (C=O) groups excluding carboxylic acids is 2. The third kappa shape index (κ3) is 10.4. The SMILES string of the molecule is CN(C(=O)NC(C)(C)C)[C@@H](Cc1ccccc1)[C@H](O)CNC[C@@H](O)[C@H](Cc1ccccc1)N(C(=O)[O-])C(C)(C)C. The predicted molar refractivity (Wildman–Crippen MR) is 156 cm³/mol. The molecule has 0 unspecified atom stereocenters. The lowest BCUT2D eigenvalue weighted by Gasteiger charge is -2.45. The van der Waals surface area contributed by atoms with Gasteiger partial charge in [-0.25, -0.2) is 4.79 Å². The van der Waals surface area contributed by atoms with Crippen LogP contribution in [-0.4, -0.2) is 87.6 Å². The minimum Gasteiger partial charge on any atom is -0.530 e. The highest BCUT2D eigenvalue weighted by Gasteiger charge is 2.34. The molecule has 3 amide bonds. The fourth-order valence-electron chi connectivity index (χ4n) is 4.76. The molecule has 0 fully saturated rings. The number of aliphatic hydroxyl groups is 2. The van der Waals surface area contributed by atoms with Gasteiger partial charge in [0.2, 0.25) is 0 Å². The second kappa shape index (κ2) is 14.5. The van der Waals surface area contributed by atoms with Crippen LogP contribution >= 0.6 is 0 Å². The van der Waals surface area contributed by atoms with Crippen molar-refractivity contribution in [1.29, 1.82) is 0 Å². The number of hydrogen-bond acceptors (Lipinski definition) is 6. The average Bonchev–Trinajstić information content (AvgIpc) is 2.85. The smallest absolute Gasteiger partial charge is 0.317 e. The molecule has 0 saturated heterocycles. The normalized spacial score (nSPS) is 15.0. The Morgan fingerprint density at radius 3 is 1.62 bits per heavy atom. The maximum Gasteiger partial charge on any atom is 0.317 e. The summed E-state index contributed by atoms with van der Waals surface area (Å²) in [6, 6.07) is 17.4. The summed E-state index contributed by atoms with van der Waals surface area (Å²) in [6.45, 7) is 11.1. The van der Waals surface area contributed by atoms with Crippen molar-refractivity contribution in [3.8, 4) is 0 Å². The minimum absolute atomic E-state index is 0.0321. The van der Waals surface area contributed by atoms with Crippen LogP contribution in [-0.2, 0) is 12.8 Å². The third-order valence-electron chi connectivity index (χ3n) is 6.72. The Labute approximate surface area is 239 Å². The van der Waals surface area contributed by atoms with Crippen molar-refractivity contribution >= 4 is 12.1 Å². The second-order valence-electron chi connectivity index (χ2n) is 12.4. The summed E-state index contributed by atoms with van der Waals surface area (Å²) in [5, 5.41) is 40.6. The number of carbonyl (C=O) groups is 2. The van der Waals surface area contributed by atoms with E-state index in [4.69, 9.17) is 0 Å². The molecule has 2 aromatic carbocycles. The molecular weight excluding hydrogens is 508 g/mol. The lowest BCUT2D eigenvalue weighted by molar-refractivity contribution is -0.275. The molecule has 2 rings (SSSR count). The van der Waals surface area contributed by atoms with E-state index < -0.39 is 41.5 Å². The number of amides is 3. The number of urea groups is 1. The fraction of sp³-hybridized carbons (Fsp3) is 0.548. The van der Waals surface area contributed by atoms with Crippen molar-refractivity contribution in [3.05, 3.63) is 71.8 Å². The molecule has 0 heterocycles. The van der Waals surface area contributed by atoms with Gasteiger partial charge in [-0.2, -0.15) is 0 Å². The van der Waals surface area contributed by atoms with Gasteiger partial charge in [0.15, 0.2) is 0 Å². The van der Waals surface area contributed by atoms with Crippen molar-refractivity contribution in [3.63, 3.8) is 0 Å². The van der Waals surface area contributed by atoms with E-state index >= 15 is 0 Å². The standard InChI is InChI=1S/C31H48N4O5/c1-30(2,3)33-28(38)34(7)24(18-22-14-10-8-11-15-22)26(36)20-32-21-27(37)25(19-23-16-12-9-13-17-23)35(29(39)40)31(4,5)6/h8-17,24-27,32,36-37H,18-21H2,1-7H3,(H,33,38)(H,39,40)/p-1/t24-,25-,26+,27+/m0/s1. The van der Waals surface area contributed by atoms with Gasteiger partial charge in [-0.3, -0.25) is 0 Å². The number of likely N-dealkylation sites (N-methyl/N-ethyl adjacent to an activating group) is 1. The Morgan fingerprint density at radius 2 is 1.23 bits per heavy atom. The molecule has 0 spiro atoms. The number of carboxylic acid groups (broad SMARTS) is 1. The summed E-state index contributed by atoms with van der Waals surface area (Å²) in [4.78, 5) is 27.8. The zero-order valence-corrected chi connectivity index (χ0v) is 24.9. The third-order valence-corrected chi connectivity index (χ3v) is 6.72. The molecule has 222 valence electrons. The van der Waals surface area contributed by atoms with Gasteiger partial charge in [0.05, 0.1) is 24.3 Å². The molecule has 0 aromatic heterocycles. The molecule has 0 aliphatic carbocycles. The van der Waals surface area contributed by atoms with Crippen molar-refractivity contribution in [1.82, 2.24) is 20.4 Å². The lowest BCUT2D eigenvalue weighted by Crippen LogP contribution is -2.62. The van der Waals surface area contributed by atoms with E-state index in [1.807, 2.05) is 81.4 Å². The van der Waals surface area contributed by atoms with Crippen molar-refractivity contribution in [2.75, 3.05) is 20.1 Å². The molecule has 4 N–H and O–H groups in total.